The van der Waals surface area contributed by atoms with E-state index in [0.717, 1.165) is 14.2 Å². The molecule has 0 radical (unpaired) electrons. The van der Waals surface area contributed by atoms with Gasteiger partial charge in [-0.05, 0) is 7.11 Å². The van der Waals surface area contributed by atoms with E-state index in [9.17, 15) is 19.1 Å². The van der Waals surface area contributed by atoms with Crippen molar-refractivity contribution < 1.29 is 79.9 Å². The SMILES string of the molecule is COC(=O)C(=O)/C(F)=C(\[O-])OC.[K+]. The van der Waals surface area contributed by atoms with Crippen molar-refractivity contribution in [3.8, 4) is 0 Å². The normalized spacial score (nSPS) is 10.7. The minimum atomic E-state index is -1.79. The van der Waals surface area contributed by atoms with Crippen molar-refractivity contribution >= 4 is 11.8 Å². The molecule has 0 aromatic heterocycles. The molecule has 0 amide bonds. The van der Waals surface area contributed by atoms with Crippen LogP contribution in [0.1, 0.15) is 0 Å². The molecule has 0 unspecified atom stereocenters. The van der Waals surface area contributed by atoms with Gasteiger partial charge in [0.05, 0.1) is 13.1 Å². The Kier molecular flexibility index (Phi) is 8.89. The van der Waals surface area contributed by atoms with E-state index in [1.807, 2.05) is 0 Å². The third-order valence-corrected chi connectivity index (χ3v) is 0.935. The van der Waals surface area contributed by atoms with Gasteiger partial charge in [0.25, 0.3) is 5.78 Å². The number of hydrogen-bond donors (Lipinski definition) is 0. The van der Waals surface area contributed by atoms with Gasteiger partial charge in [0.15, 0.2) is 5.83 Å². The first-order valence-corrected chi connectivity index (χ1v) is 2.78. The number of carbonyl (C=O) groups is 2. The van der Waals surface area contributed by atoms with Gasteiger partial charge in [-0.2, -0.15) is 0 Å². The third kappa shape index (κ3) is 4.72. The summed E-state index contributed by atoms with van der Waals surface area (Å²) in [5, 5.41) is 10.3. The molecule has 0 rings (SSSR count). The molecule has 0 fully saturated rings. The first kappa shape index (κ1) is 15.5. The molecule has 0 heterocycles. The van der Waals surface area contributed by atoms with E-state index in [1.54, 1.807) is 0 Å². The van der Waals surface area contributed by atoms with Gasteiger partial charge in [-0.25, -0.2) is 9.18 Å². The zero-order chi connectivity index (χ0) is 9.72. The summed E-state index contributed by atoms with van der Waals surface area (Å²) in [6.45, 7) is 0. The van der Waals surface area contributed by atoms with E-state index in [4.69, 9.17) is 0 Å². The van der Waals surface area contributed by atoms with Gasteiger partial charge in [-0.1, -0.05) is 0 Å². The van der Waals surface area contributed by atoms with Crippen molar-refractivity contribution in [2.45, 2.75) is 0 Å². The molecular formula is C6H6FKO5. The predicted octanol–water partition coefficient (Wildman–Crippen LogP) is -4.12. The molecule has 7 heteroatoms. The molecular weight excluding hydrogens is 210 g/mol. The van der Waals surface area contributed by atoms with Gasteiger partial charge in [-0.3, -0.25) is 4.79 Å². The Bertz CT molecular complexity index is 237. The van der Waals surface area contributed by atoms with Gasteiger partial charge in [0.1, 0.15) is 0 Å². The maximum atomic E-state index is 12.4. The number of esters is 1. The summed E-state index contributed by atoms with van der Waals surface area (Å²) < 4.78 is 20.1. The quantitative estimate of drug-likeness (QED) is 0.157. The Morgan fingerprint density at radius 2 is 1.69 bits per heavy atom. The molecule has 0 spiro atoms. The Balaban J connectivity index is 0. The number of ether oxygens (including phenoxy) is 2. The summed E-state index contributed by atoms with van der Waals surface area (Å²) in [5.74, 6) is -6.38. The standard InChI is InChI=1S/C6H7FO5.K/c1-11-5(9)3(7)4(8)6(10)12-2;/h9H,1-2H3;/q;+1/p-1/b5-3-;. The molecule has 0 aliphatic rings. The molecule has 0 aromatic rings. The Morgan fingerprint density at radius 1 is 1.23 bits per heavy atom. The monoisotopic (exact) mass is 216 g/mol. The van der Waals surface area contributed by atoms with Crippen molar-refractivity contribution in [2.75, 3.05) is 14.2 Å². The second kappa shape index (κ2) is 7.45. The van der Waals surface area contributed by atoms with Crippen LogP contribution in [0, 0.1) is 0 Å². The third-order valence-electron chi connectivity index (χ3n) is 0.935. The number of methoxy groups -OCH3 is 2. The average Bonchev–Trinajstić information content (AvgIpc) is 2.12. The van der Waals surface area contributed by atoms with Crippen LogP contribution in [0.15, 0.2) is 11.8 Å². The number of ketones is 1. The Hall–Kier alpha value is 0.0464. The predicted molar refractivity (Wildman–Crippen MR) is 32.2 cm³/mol. The summed E-state index contributed by atoms with van der Waals surface area (Å²) in [6, 6.07) is 0. The molecule has 0 aliphatic heterocycles. The zero-order valence-corrected chi connectivity index (χ0v) is 10.5. The van der Waals surface area contributed by atoms with E-state index in [2.05, 4.69) is 9.47 Å². The van der Waals surface area contributed by atoms with E-state index >= 15 is 0 Å². The number of rotatable bonds is 3. The molecule has 0 saturated heterocycles. The number of halogens is 1. The van der Waals surface area contributed by atoms with Crippen molar-refractivity contribution in [3.05, 3.63) is 11.8 Å². The van der Waals surface area contributed by atoms with Gasteiger partial charge >= 0.3 is 57.4 Å². The van der Waals surface area contributed by atoms with Gasteiger partial charge in [0, 0.05) is 0 Å². The van der Waals surface area contributed by atoms with E-state index in [0.29, 0.717) is 0 Å². The van der Waals surface area contributed by atoms with Crippen LogP contribution in [-0.2, 0) is 19.1 Å². The fraction of sp³-hybridized carbons (Fsp3) is 0.333. The van der Waals surface area contributed by atoms with E-state index in [-0.39, 0.29) is 51.4 Å². The smallest absolute Gasteiger partial charge is 0.614 e. The minimum absolute atomic E-state index is 0. The first-order chi connectivity index (χ1) is 5.54. The minimum Gasteiger partial charge on any atom is -0.614 e. The van der Waals surface area contributed by atoms with Gasteiger partial charge in [-0.15, -0.1) is 0 Å². The molecule has 68 valence electrons. The second-order valence-corrected chi connectivity index (χ2v) is 1.63. The Labute approximate surface area is 116 Å². The van der Waals surface area contributed by atoms with Gasteiger partial charge in [0.2, 0.25) is 0 Å². The molecule has 5 nitrogen and oxygen atoms in total. The van der Waals surface area contributed by atoms with Crippen molar-refractivity contribution in [3.63, 3.8) is 0 Å². The van der Waals surface area contributed by atoms with Crippen LogP contribution in [0.3, 0.4) is 0 Å². The molecule has 0 saturated carbocycles. The fourth-order valence-corrected chi connectivity index (χ4v) is 0.365. The average molecular weight is 216 g/mol. The molecule has 0 atom stereocenters. The molecule has 0 aromatic carbocycles. The van der Waals surface area contributed by atoms with Crippen LogP contribution >= 0.6 is 0 Å². The Morgan fingerprint density at radius 3 is 2.00 bits per heavy atom. The van der Waals surface area contributed by atoms with Gasteiger partial charge < -0.3 is 14.6 Å². The van der Waals surface area contributed by atoms with E-state index in [1.165, 1.54) is 0 Å². The largest absolute Gasteiger partial charge is 1.00 e. The summed E-state index contributed by atoms with van der Waals surface area (Å²) >= 11 is 0. The maximum absolute atomic E-state index is 12.4. The molecule has 0 bridgehead atoms. The van der Waals surface area contributed by atoms with E-state index < -0.39 is 23.5 Å². The maximum Gasteiger partial charge on any atom is 1.00 e. The van der Waals surface area contributed by atoms with Crippen molar-refractivity contribution in [1.29, 1.82) is 0 Å². The van der Waals surface area contributed by atoms with Crippen LogP contribution < -0.4 is 56.5 Å². The van der Waals surface area contributed by atoms with Crippen LogP contribution in [0.4, 0.5) is 4.39 Å². The molecule has 13 heavy (non-hydrogen) atoms. The van der Waals surface area contributed by atoms with Crippen LogP contribution in [0.2, 0.25) is 0 Å². The number of Topliss-reactive ketones (excluding diaryl/α,β-unsaturated/α-hetero) is 1. The summed E-state index contributed by atoms with van der Waals surface area (Å²) in [6.07, 6.45) is 0. The number of hydrogen-bond acceptors (Lipinski definition) is 5. The summed E-state index contributed by atoms with van der Waals surface area (Å²) in [5.41, 5.74) is 0. The summed E-state index contributed by atoms with van der Waals surface area (Å²) in [4.78, 5) is 20.8. The van der Waals surface area contributed by atoms with Crippen LogP contribution in [-0.4, -0.2) is 26.0 Å². The topological polar surface area (TPSA) is 75.7 Å². The molecule has 0 aliphatic carbocycles. The van der Waals surface area contributed by atoms with Crippen molar-refractivity contribution in [2.24, 2.45) is 0 Å². The zero-order valence-electron chi connectivity index (χ0n) is 7.42. The van der Waals surface area contributed by atoms with Crippen LogP contribution in [0.25, 0.3) is 0 Å². The molecule has 0 N–H and O–H groups in total. The fourth-order valence-electron chi connectivity index (χ4n) is 0.365. The second-order valence-electron chi connectivity index (χ2n) is 1.63. The summed E-state index contributed by atoms with van der Waals surface area (Å²) in [7, 11) is 1.78. The first-order valence-electron chi connectivity index (χ1n) is 2.78. The number of carbonyl (C=O) groups excluding carboxylic acids is 2. The van der Waals surface area contributed by atoms with Crippen molar-refractivity contribution in [1.82, 2.24) is 0 Å². The van der Waals surface area contributed by atoms with Crippen LogP contribution in [0.5, 0.6) is 0 Å².